The van der Waals surface area contributed by atoms with E-state index in [1.54, 1.807) is 0 Å². The van der Waals surface area contributed by atoms with Crippen LogP contribution < -0.4 is 0 Å². The Morgan fingerprint density at radius 3 is 2.20 bits per heavy atom. The van der Waals surface area contributed by atoms with Crippen molar-refractivity contribution in [3.05, 3.63) is 0 Å². The highest BCUT2D eigenvalue weighted by Gasteiger charge is 2.52. The van der Waals surface area contributed by atoms with E-state index < -0.39 is 17.6 Å². The molecule has 0 atom stereocenters. The van der Waals surface area contributed by atoms with Crippen molar-refractivity contribution in [2.75, 3.05) is 0 Å². The van der Waals surface area contributed by atoms with Gasteiger partial charge < -0.3 is 5.11 Å². The number of carboxylic acids is 1. The minimum absolute atomic E-state index is 0.00601. The van der Waals surface area contributed by atoms with Crippen molar-refractivity contribution in [3.63, 3.8) is 0 Å². The Morgan fingerprint density at radius 2 is 1.87 bits per heavy atom. The Labute approximate surface area is 86.5 Å². The minimum atomic E-state index is -4.17. The van der Waals surface area contributed by atoms with Gasteiger partial charge in [-0.2, -0.15) is 13.2 Å². The summed E-state index contributed by atoms with van der Waals surface area (Å²) >= 11 is 0. The number of hydrogen-bond acceptors (Lipinski definition) is 1. The van der Waals surface area contributed by atoms with Gasteiger partial charge in [-0.05, 0) is 31.6 Å². The fraction of sp³-hybridized carbons (Fsp3) is 0.900. The van der Waals surface area contributed by atoms with Crippen LogP contribution in [0.3, 0.4) is 0 Å². The first-order valence-corrected chi connectivity index (χ1v) is 5.03. The van der Waals surface area contributed by atoms with Crippen LogP contribution in [-0.4, -0.2) is 17.3 Å². The molecule has 0 heterocycles. The van der Waals surface area contributed by atoms with Gasteiger partial charge in [-0.1, -0.05) is 6.92 Å². The third-order valence-corrected chi connectivity index (χ3v) is 3.36. The third-order valence-electron chi connectivity index (χ3n) is 3.36. The van der Waals surface area contributed by atoms with Crippen LogP contribution in [0.5, 0.6) is 0 Å². The van der Waals surface area contributed by atoms with Gasteiger partial charge in [0.25, 0.3) is 0 Å². The van der Waals surface area contributed by atoms with Gasteiger partial charge in [0.1, 0.15) is 0 Å². The molecule has 1 saturated carbocycles. The molecule has 0 aromatic rings. The number of hydrogen-bond donors (Lipinski definition) is 1. The van der Waals surface area contributed by atoms with E-state index >= 15 is 0 Å². The molecule has 1 aliphatic rings. The highest BCUT2D eigenvalue weighted by Crippen LogP contribution is 2.50. The van der Waals surface area contributed by atoms with E-state index in [-0.39, 0.29) is 25.2 Å². The van der Waals surface area contributed by atoms with Gasteiger partial charge in [-0.3, -0.25) is 4.79 Å². The van der Waals surface area contributed by atoms with Crippen molar-refractivity contribution in [2.45, 2.75) is 45.2 Å². The van der Waals surface area contributed by atoms with E-state index in [4.69, 9.17) is 5.11 Å². The first-order chi connectivity index (χ1) is 6.74. The van der Waals surface area contributed by atoms with Gasteiger partial charge in [-0.15, -0.1) is 0 Å². The molecule has 5 heteroatoms. The zero-order valence-corrected chi connectivity index (χ0v) is 8.60. The molecule has 0 radical (unpaired) electrons. The summed E-state index contributed by atoms with van der Waals surface area (Å²) in [4.78, 5) is 10.4. The van der Waals surface area contributed by atoms with Crippen molar-refractivity contribution in [1.29, 1.82) is 0 Å². The Balaban J connectivity index is 2.52. The van der Waals surface area contributed by atoms with Crippen molar-refractivity contribution >= 4 is 5.97 Å². The van der Waals surface area contributed by atoms with E-state index in [0.29, 0.717) is 12.8 Å². The lowest BCUT2D eigenvalue weighted by Crippen LogP contribution is -2.38. The smallest absolute Gasteiger partial charge is 0.394 e. The van der Waals surface area contributed by atoms with Gasteiger partial charge in [0, 0.05) is 6.42 Å². The largest absolute Gasteiger partial charge is 0.481 e. The van der Waals surface area contributed by atoms with Gasteiger partial charge in [0.15, 0.2) is 0 Å². The standard InChI is InChI=1S/C10H15F3O2/c1-9(10(11,12)13)4-2-7(3-5-9)6-8(14)15/h7H,2-6H2,1H3,(H,14,15). The van der Waals surface area contributed by atoms with E-state index in [0.717, 1.165) is 0 Å². The second-order valence-electron chi connectivity index (χ2n) is 4.60. The summed E-state index contributed by atoms with van der Waals surface area (Å²) in [6, 6.07) is 0. The van der Waals surface area contributed by atoms with Crippen LogP contribution in [0.1, 0.15) is 39.0 Å². The molecular formula is C10H15F3O2. The number of carbonyl (C=O) groups is 1. The van der Waals surface area contributed by atoms with Gasteiger partial charge in [0.05, 0.1) is 5.41 Å². The molecule has 88 valence electrons. The summed E-state index contributed by atoms with van der Waals surface area (Å²) in [6.45, 7) is 1.23. The quantitative estimate of drug-likeness (QED) is 0.781. The van der Waals surface area contributed by atoms with E-state index in [2.05, 4.69) is 0 Å². The predicted octanol–water partition coefficient (Wildman–Crippen LogP) is 3.22. The average Bonchev–Trinajstić information content (AvgIpc) is 2.06. The molecule has 0 bridgehead atoms. The number of carboxylic acid groups (broad SMARTS) is 1. The first-order valence-electron chi connectivity index (χ1n) is 5.03. The van der Waals surface area contributed by atoms with Crippen LogP contribution >= 0.6 is 0 Å². The molecule has 0 amide bonds. The Bertz CT molecular complexity index is 240. The Morgan fingerprint density at radius 1 is 1.40 bits per heavy atom. The molecule has 1 N–H and O–H groups in total. The summed E-state index contributed by atoms with van der Waals surface area (Å²) in [5.41, 5.74) is -1.61. The topological polar surface area (TPSA) is 37.3 Å². The van der Waals surface area contributed by atoms with E-state index in [1.165, 1.54) is 6.92 Å². The molecule has 1 rings (SSSR count). The number of aliphatic carboxylic acids is 1. The number of alkyl halides is 3. The molecule has 1 aliphatic carbocycles. The summed E-state index contributed by atoms with van der Waals surface area (Å²) in [7, 11) is 0. The maximum absolute atomic E-state index is 12.6. The molecule has 0 aromatic heterocycles. The summed E-state index contributed by atoms with van der Waals surface area (Å²) in [5, 5.41) is 8.53. The van der Waals surface area contributed by atoms with Crippen molar-refractivity contribution in [3.8, 4) is 0 Å². The molecule has 0 unspecified atom stereocenters. The third kappa shape index (κ3) is 2.86. The summed E-state index contributed by atoms with van der Waals surface area (Å²) in [6.07, 6.45) is -3.34. The van der Waals surface area contributed by atoms with Gasteiger partial charge in [0.2, 0.25) is 0 Å². The maximum atomic E-state index is 12.6. The van der Waals surface area contributed by atoms with Gasteiger partial charge in [-0.25, -0.2) is 0 Å². The van der Waals surface area contributed by atoms with Crippen molar-refractivity contribution in [1.82, 2.24) is 0 Å². The normalized spacial score (nSPS) is 32.7. The van der Waals surface area contributed by atoms with Crippen molar-refractivity contribution < 1.29 is 23.1 Å². The zero-order chi connectivity index (χ0) is 11.7. The second-order valence-corrected chi connectivity index (χ2v) is 4.60. The molecule has 0 aliphatic heterocycles. The molecular weight excluding hydrogens is 209 g/mol. The van der Waals surface area contributed by atoms with E-state index in [1.807, 2.05) is 0 Å². The second kappa shape index (κ2) is 4.02. The van der Waals surface area contributed by atoms with Crippen LogP contribution in [0, 0.1) is 11.3 Å². The Hall–Kier alpha value is -0.740. The fourth-order valence-electron chi connectivity index (χ4n) is 2.05. The molecule has 2 nitrogen and oxygen atoms in total. The monoisotopic (exact) mass is 224 g/mol. The fourth-order valence-corrected chi connectivity index (χ4v) is 2.05. The molecule has 1 fully saturated rings. The van der Waals surface area contributed by atoms with Gasteiger partial charge >= 0.3 is 12.1 Å². The highest BCUT2D eigenvalue weighted by molar-refractivity contribution is 5.67. The zero-order valence-electron chi connectivity index (χ0n) is 8.60. The lowest BCUT2D eigenvalue weighted by Gasteiger charge is -2.38. The molecule has 0 saturated heterocycles. The predicted molar refractivity (Wildman–Crippen MR) is 48.4 cm³/mol. The van der Waals surface area contributed by atoms with Crippen molar-refractivity contribution in [2.24, 2.45) is 11.3 Å². The van der Waals surface area contributed by atoms with Crippen LogP contribution in [0.15, 0.2) is 0 Å². The highest BCUT2D eigenvalue weighted by atomic mass is 19.4. The molecule has 15 heavy (non-hydrogen) atoms. The number of rotatable bonds is 2. The molecule has 0 aromatic carbocycles. The Kier molecular flexibility index (Phi) is 3.31. The van der Waals surface area contributed by atoms with Crippen LogP contribution in [-0.2, 0) is 4.79 Å². The summed E-state index contributed by atoms with van der Waals surface area (Å²) < 4.78 is 37.8. The molecule has 0 spiro atoms. The van der Waals surface area contributed by atoms with E-state index in [9.17, 15) is 18.0 Å². The van der Waals surface area contributed by atoms with Crippen LogP contribution in [0.25, 0.3) is 0 Å². The van der Waals surface area contributed by atoms with Crippen LogP contribution in [0.2, 0.25) is 0 Å². The summed E-state index contributed by atoms with van der Waals surface area (Å²) in [5.74, 6) is -1.01. The first kappa shape index (κ1) is 12.3. The average molecular weight is 224 g/mol. The SMILES string of the molecule is CC1(C(F)(F)F)CCC(CC(=O)O)CC1. The lowest BCUT2D eigenvalue weighted by molar-refractivity contribution is -0.230. The maximum Gasteiger partial charge on any atom is 0.394 e. The van der Waals surface area contributed by atoms with Crippen LogP contribution in [0.4, 0.5) is 13.2 Å². The number of halogens is 3. The lowest BCUT2D eigenvalue weighted by atomic mass is 9.70. The minimum Gasteiger partial charge on any atom is -0.481 e.